The summed E-state index contributed by atoms with van der Waals surface area (Å²) in [7, 11) is 0. The summed E-state index contributed by atoms with van der Waals surface area (Å²) in [5.41, 5.74) is 2.35. The minimum absolute atomic E-state index is 0.971. The Morgan fingerprint density at radius 3 is 2.80 bits per heavy atom. The minimum Gasteiger partial charge on any atom is -0.365 e. The van der Waals surface area contributed by atoms with E-state index in [1.165, 1.54) is 5.56 Å². The van der Waals surface area contributed by atoms with Gasteiger partial charge in [0.2, 0.25) is 0 Å². The molecular formula is C8H11NS. The summed E-state index contributed by atoms with van der Waals surface area (Å²) in [6, 6.07) is 1.99. The smallest absolute Gasteiger partial charge is 0.0440 e. The van der Waals surface area contributed by atoms with E-state index in [4.69, 9.17) is 12.2 Å². The Labute approximate surface area is 66.1 Å². The quantitative estimate of drug-likeness (QED) is 0.613. The van der Waals surface area contributed by atoms with Crippen molar-refractivity contribution in [2.75, 3.05) is 0 Å². The number of aryl methyl sites for hydroxylation is 2. The molecule has 0 aliphatic rings. The molecule has 1 nitrogen and oxygen atoms in total. The van der Waals surface area contributed by atoms with Crippen molar-refractivity contribution >= 4 is 12.2 Å². The maximum atomic E-state index is 5.12. The summed E-state index contributed by atoms with van der Waals surface area (Å²) in [6.45, 7) is 4.11. The molecule has 1 aromatic rings. The zero-order valence-electron chi connectivity index (χ0n) is 6.27. The highest BCUT2D eigenvalue weighted by Crippen LogP contribution is 2.03. The predicted molar refractivity (Wildman–Crippen MR) is 45.7 cm³/mol. The average molecular weight is 153 g/mol. The van der Waals surface area contributed by atoms with E-state index in [9.17, 15) is 0 Å². The van der Waals surface area contributed by atoms with Gasteiger partial charge in [-0.3, -0.25) is 0 Å². The topological polar surface area (TPSA) is 15.8 Å². The fourth-order valence-electron chi connectivity index (χ4n) is 0.879. The van der Waals surface area contributed by atoms with Crippen molar-refractivity contribution in [2.45, 2.75) is 20.3 Å². The number of rotatable bonds is 1. The molecule has 1 aromatic heterocycles. The zero-order valence-corrected chi connectivity index (χ0v) is 7.09. The number of hydrogen-bond donors (Lipinski definition) is 1. The van der Waals surface area contributed by atoms with Gasteiger partial charge < -0.3 is 4.98 Å². The monoisotopic (exact) mass is 153 g/mol. The van der Waals surface area contributed by atoms with Crippen molar-refractivity contribution in [2.24, 2.45) is 0 Å². The van der Waals surface area contributed by atoms with Crippen LogP contribution in [0.15, 0.2) is 12.3 Å². The van der Waals surface area contributed by atoms with Crippen LogP contribution in [0.3, 0.4) is 0 Å². The molecule has 1 rings (SSSR count). The van der Waals surface area contributed by atoms with E-state index in [1.54, 1.807) is 0 Å². The molecule has 0 unspecified atom stereocenters. The number of hydrogen-bond acceptors (Lipinski definition) is 1. The number of pyridine rings is 1. The average Bonchev–Trinajstić information content (AvgIpc) is 1.88. The molecular weight excluding hydrogens is 142 g/mol. The Hall–Kier alpha value is -0.630. The van der Waals surface area contributed by atoms with E-state index in [2.05, 4.69) is 11.9 Å². The second-order valence-corrected chi connectivity index (χ2v) is 2.80. The molecule has 54 valence electrons. The fraction of sp³-hybridized carbons (Fsp3) is 0.375. The molecule has 0 spiro atoms. The van der Waals surface area contributed by atoms with Gasteiger partial charge in [0.05, 0.1) is 0 Å². The highest BCUT2D eigenvalue weighted by Gasteiger charge is 1.90. The van der Waals surface area contributed by atoms with E-state index in [-0.39, 0.29) is 0 Å². The molecule has 10 heavy (non-hydrogen) atoms. The van der Waals surface area contributed by atoms with Crippen LogP contribution in [0.1, 0.15) is 18.2 Å². The number of H-pyrrole nitrogens is 1. The van der Waals surface area contributed by atoms with Crippen LogP contribution in [-0.4, -0.2) is 4.98 Å². The molecule has 0 saturated carbocycles. The molecule has 0 saturated heterocycles. The predicted octanol–water partition coefficient (Wildman–Crippen LogP) is 2.62. The number of aromatic amines is 1. The van der Waals surface area contributed by atoms with Crippen LogP contribution < -0.4 is 0 Å². The second kappa shape index (κ2) is 2.97. The first kappa shape index (κ1) is 7.48. The molecule has 0 fully saturated rings. The lowest BCUT2D eigenvalue weighted by Crippen LogP contribution is -1.86. The van der Waals surface area contributed by atoms with Gasteiger partial charge in [-0.2, -0.15) is 0 Å². The lowest BCUT2D eigenvalue weighted by Gasteiger charge is -1.97. The van der Waals surface area contributed by atoms with Gasteiger partial charge in [0, 0.05) is 16.4 Å². The van der Waals surface area contributed by atoms with Crippen molar-refractivity contribution in [3.05, 3.63) is 28.0 Å². The summed E-state index contributed by atoms with van der Waals surface area (Å²) < 4.78 is 0.971. The first-order valence-corrected chi connectivity index (χ1v) is 3.83. The molecule has 0 amide bonds. The van der Waals surface area contributed by atoms with E-state index >= 15 is 0 Å². The van der Waals surface area contributed by atoms with E-state index in [0.29, 0.717) is 0 Å². The van der Waals surface area contributed by atoms with Gasteiger partial charge in [0.25, 0.3) is 0 Å². The van der Waals surface area contributed by atoms with Gasteiger partial charge in [-0.1, -0.05) is 19.1 Å². The Morgan fingerprint density at radius 1 is 1.60 bits per heavy atom. The zero-order chi connectivity index (χ0) is 7.56. The van der Waals surface area contributed by atoms with Gasteiger partial charge in [-0.25, -0.2) is 0 Å². The summed E-state index contributed by atoms with van der Waals surface area (Å²) >= 11 is 5.12. The summed E-state index contributed by atoms with van der Waals surface area (Å²) in [6.07, 6.45) is 2.99. The molecule has 1 heterocycles. The third kappa shape index (κ3) is 1.45. The number of aromatic nitrogens is 1. The fourth-order valence-corrected chi connectivity index (χ4v) is 1.26. The molecule has 0 aliphatic heterocycles. The summed E-state index contributed by atoms with van der Waals surface area (Å²) in [5, 5.41) is 0. The highest BCUT2D eigenvalue weighted by molar-refractivity contribution is 7.71. The first-order valence-electron chi connectivity index (χ1n) is 3.42. The van der Waals surface area contributed by atoms with Gasteiger partial charge in [0.1, 0.15) is 0 Å². The Morgan fingerprint density at radius 2 is 2.30 bits per heavy atom. The van der Waals surface area contributed by atoms with Crippen LogP contribution >= 0.6 is 12.2 Å². The molecule has 0 bridgehead atoms. The maximum Gasteiger partial charge on any atom is 0.0440 e. The van der Waals surface area contributed by atoms with Crippen molar-refractivity contribution in [1.82, 2.24) is 4.98 Å². The van der Waals surface area contributed by atoms with Crippen LogP contribution in [0.25, 0.3) is 0 Å². The molecule has 1 N–H and O–H groups in total. The Balaban J connectivity index is 3.20. The molecule has 0 aliphatic carbocycles. The third-order valence-electron chi connectivity index (χ3n) is 1.52. The van der Waals surface area contributed by atoms with Crippen LogP contribution in [-0.2, 0) is 6.42 Å². The molecule has 0 atom stereocenters. The van der Waals surface area contributed by atoms with Crippen LogP contribution in [0.5, 0.6) is 0 Å². The summed E-state index contributed by atoms with van der Waals surface area (Å²) in [4.78, 5) is 3.12. The van der Waals surface area contributed by atoms with Gasteiger partial charge in [-0.15, -0.1) is 0 Å². The molecule has 2 heteroatoms. The van der Waals surface area contributed by atoms with Gasteiger partial charge >= 0.3 is 0 Å². The second-order valence-electron chi connectivity index (χ2n) is 2.36. The van der Waals surface area contributed by atoms with Gasteiger partial charge in [0.15, 0.2) is 0 Å². The minimum atomic E-state index is 0.971. The molecule has 0 aromatic carbocycles. The largest absolute Gasteiger partial charge is 0.365 e. The van der Waals surface area contributed by atoms with E-state index in [1.807, 2.05) is 19.2 Å². The van der Waals surface area contributed by atoms with Crippen molar-refractivity contribution in [3.8, 4) is 0 Å². The van der Waals surface area contributed by atoms with E-state index < -0.39 is 0 Å². The lowest BCUT2D eigenvalue weighted by atomic mass is 10.2. The standard InChI is InChI=1S/C8H11NS/c1-3-7-5-9-6(2)4-8(7)10/h4-5H,3H2,1-2H3,(H,9,10). The lowest BCUT2D eigenvalue weighted by molar-refractivity contribution is 1.07. The molecule has 0 radical (unpaired) electrons. The number of nitrogens with one attached hydrogen (secondary N) is 1. The van der Waals surface area contributed by atoms with E-state index in [0.717, 1.165) is 16.6 Å². The highest BCUT2D eigenvalue weighted by atomic mass is 32.1. The van der Waals surface area contributed by atoms with Crippen LogP contribution in [0, 0.1) is 11.4 Å². The Kier molecular flexibility index (Phi) is 2.22. The first-order chi connectivity index (χ1) is 4.74. The van der Waals surface area contributed by atoms with Crippen LogP contribution in [0.4, 0.5) is 0 Å². The van der Waals surface area contributed by atoms with Crippen molar-refractivity contribution in [3.63, 3.8) is 0 Å². The van der Waals surface area contributed by atoms with Crippen LogP contribution in [0.2, 0.25) is 0 Å². The van der Waals surface area contributed by atoms with Gasteiger partial charge in [-0.05, 0) is 25.0 Å². The SMILES string of the molecule is CCc1c[nH]c(C)cc1=S. The van der Waals surface area contributed by atoms with Crippen molar-refractivity contribution < 1.29 is 0 Å². The van der Waals surface area contributed by atoms with Crippen molar-refractivity contribution in [1.29, 1.82) is 0 Å². The third-order valence-corrected chi connectivity index (χ3v) is 1.90. The Bertz CT molecular complexity index is 275. The summed E-state index contributed by atoms with van der Waals surface area (Å²) in [5.74, 6) is 0. The normalized spacial score (nSPS) is 9.80. The maximum absolute atomic E-state index is 5.12.